The van der Waals surface area contributed by atoms with E-state index in [-0.39, 0.29) is 0 Å². The molecule has 0 saturated carbocycles. The molecular weight excluding hydrogens is 230 g/mol. The van der Waals surface area contributed by atoms with Crippen molar-refractivity contribution in [3.8, 4) is 0 Å². The molecule has 0 aliphatic rings. The Morgan fingerprint density at radius 2 is 1.79 bits per heavy atom. The predicted octanol–water partition coefficient (Wildman–Crippen LogP) is 5.34. The van der Waals surface area contributed by atoms with Crippen molar-refractivity contribution in [2.45, 2.75) is 66.3 Å². The van der Waals surface area contributed by atoms with Crippen molar-refractivity contribution in [3.63, 3.8) is 0 Å². The molecular formula is C18H31N. The minimum Gasteiger partial charge on any atom is -0.372 e. The van der Waals surface area contributed by atoms with Gasteiger partial charge in [0.05, 0.1) is 0 Å². The van der Waals surface area contributed by atoms with Crippen LogP contribution in [-0.2, 0) is 0 Å². The number of nitrogens with zero attached hydrogens (tertiary/aromatic N) is 1. The Hall–Kier alpha value is -0.980. The number of aryl methyl sites for hydroxylation is 2. The van der Waals surface area contributed by atoms with Gasteiger partial charge in [0.15, 0.2) is 0 Å². The first kappa shape index (κ1) is 16.1. The van der Waals surface area contributed by atoms with Crippen LogP contribution in [-0.4, -0.2) is 13.1 Å². The highest BCUT2D eigenvalue weighted by molar-refractivity contribution is 5.54. The van der Waals surface area contributed by atoms with Crippen LogP contribution >= 0.6 is 0 Å². The minimum atomic E-state index is 0.616. The van der Waals surface area contributed by atoms with Crippen molar-refractivity contribution in [3.05, 3.63) is 29.3 Å². The van der Waals surface area contributed by atoms with Crippen molar-refractivity contribution in [2.75, 3.05) is 11.9 Å². The highest BCUT2D eigenvalue weighted by atomic mass is 15.1. The average molecular weight is 261 g/mol. The lowest BCUT2D eigenvalue weighted by Crippen LogP contribution is -2.29. The Labute approximate surface area is 120 Å². The Morgan fingerprint density at radius 3 is 2.37 bits per heavy atom. The van der Waals surface area contributed by atoms with Crippen LogP contribution in [0.3, 0.4) is 0 Å². The molecule has 1 aromatic carbocycles. The molecule has 2 atom stereocenters. The van der Waals surface area contributed by atoms with Gasteiger partial charge in [-0.05, 0) is 44.7 Å². The van der Waals surface area contributed by atoms with Gasteiger partial charge in [-0.3, -0.25) is 0 Å². The van der Waals surface area contributed by atoms with E-state index < -0.39 is 0 Å². The molecule has 0 fully saturated rings. The fraction of sp³-hybridized carbons (Fsp3) is 0.667. The van der Waals surface area contributed by atoms with Crippen molar-refractivity contribution in [1.82, 2.24) is 0 Å². The molecule has 0 N–H and O–H groups in total. The Morgan fingerprint density at radius 1 is 1.11 bits per heavy atom. The molecule has 0 aliphatic carbocycles. The summed E-state index contributed by atoms with van der Waals surface area (Å²) >= 11 is 0. The molecule has 2 unspecified atom stereocenters. The van der Waals surface area contributed by atoms with Gasteiger partial charge in [-0.25, -0.2) is 0 Å². The summed E-state index contributed by atoms with van der Waals surface area (Å²) in [5.74, 6) is 0.874. The molecule has 0 saturated heterocycles. The first-order valence-electron chi connectivity index (χ1n) is 7.75. The quantitative estimate of drug-likeness (QED) is 0.640. The average Bonchev–Trinajstić information content (AvgIpc) is 2.37. The Balaban J connectivity index is 2.54. The van der Waals surface area contributed by atoms with Gasteiger partial charge in [-0.15, -0.1) is 0 Å². The summed E-state index contributed by atoms with van der Waals surface area (Å²) in [4.78, 5) is 2.44. The number of hydrogen-bond acceptors (Lipinski definition) is 1. The molecule has 0 amide bonds. The SMILES string of the molecule is CCC(C)CCCC(C)N(C)c1ccc(C)cc1C. The summed E-state index contributed by atoms with van der Waals surface area (Å²) in [6.07, 6.45) is 5.29. The second kappa shape index (κ2) is 7.57. The Kier molecular flexibility index (Phi) is 6.41. The molecule has 1 rings (SSSR count). The van der Waals surface area contributed by atoms with E-state index in [2.05, 4.69) is 64.8 Å². The number of benzene rings is 1. The van der Waals surface area contributed by atoms with Gasteiger partial charge >= 0.3 is 0 Å². The molecule has 0 aromatic heterocycles. The summed E-state index contributed by atoms with van der Waals surface area (Å²) in [6.45, 7) is 11.4. The van der Waals surface area contributed by atoms with Crippen LogP contribution in [0.2, 0.25) is 0 Å². The molecule has 0 radical (unpaired) electrons. The molecule has 0 aliphatic heterocycles. The van der Waals surface area contributed by atoms with Crippen molar-refractivity contribution < 1.29 is 0 Å². The zero-order valence-corrected chi connectivity index (χ0v) is 13.7. The lowest BCUT2D eigenvalue weighted by molar-refractivity contribution is 0.464. The first-order chi connectivity index (χ1) is 8.95. The normalized spacial score (nSPS) is 14.2. The van der Waals surface area contributed by atoms with Crippen LogP contribution in [0.4, 0.5) is 5.69 Å². The van der Waals surface area contributed by atoms with Crippen molar-refractivity contribution in [2.24, 2.45) is 5.92 Å². The molecule has 1 aromatic rings. The third kappa shape index (κ3) is 4.89. The highest BCUT2D eigenvalue weighted by Crippen LogP contribution is 2.24. The third-order valence-corrected chi connectivity index (χ3v) is 4.41. The van der Waals surface area contributed by atoms with E-state index >= 15 is 0 Å². The number of anilines is 1. The van der Waals surface area contributed by atoms with Crippen molar-refractivity contribution in [1.29, 1.82) is 0 Å². The van der Waals surface area contributed by atoms with E-state index in [4.69, 9.17) is 0 Å². The van der Waals surface area contributed by atoms with Gasteiger partial charge < -0.3 is 4.90 Å². The minimum absolute atomic E-state index is 0.616. The molecule has 1 heteroatoms. The van der Waals surface area contributed by atoms with Gasteiger partial charge in [0, 0.05) is 18.8 Å². The summed E-state index contributed by atoms with van der Waals surface area (Å²) < 4.78 is 0. The van der Waals surface area contributed by atoms with E-state index in [9.17, 15) is 0 Å². The predicted molar refractivity (Wildman–Crippen MR) is 87.1 cm³/mol. The zero-order chi connectivity index (χ0) is 14.4. The second-order valence-corrected chi connectivity index (χ2v) is 6.19. The maximum absolute atomic E-state index is 2.44. The summed E-state index contributed by atoms with van der Waals surface area (Å²) in [7, 11) is 2.23. The van der Waals surface area contributed by atoms with Crippen LogP contribution in [0.1, 0.15) is 57.6 Å². The van der Waals surface area contributed by atoms with Crippen molar-refractivity contribution >= 4 is 5.69 Å². The summed E-state index contributed by atoms with van der Waals surface area (Å²) in [5.41, 5.74) is 4.11. The van der Waals surface area contributed by atoms with E-state index in [1.54, 1.807) is 0 Å². The standard InChI is InChI=1S/C18H31N/c1-7-14(2)9-8-10-17(5)19(6)18-12-11-15(3)13-16(18)4/h11-14,17H,7-10H2,1-6H3. The first-order valence-corrected chi connectivity index (χ1v) is 7.75. The monoisotopic (exact) mass is 261 g/mol. The summed E-state index contributed by atoms with van der Waals surface area (Å²) in [6, 6.07) is 7.36. The van der Waals surface area contributed by atoms with Crippen LogP contribution in [0.25, 0.3) is 0 Å². The maximum atomic E-state index is 2.44. The van der Waals surface area contributed by atoms with Crippen LogP contribution in [0.5, 0.6) is 0 Å². The molecule has 0 heterocycles. The van der Waals surface area contributed by atoms with Gasteiger partial charge in [0.25, 0.3) is 0 Å². The second-order valence-electron chi connectivity index (χ2n) is 6.19. The van der Waals surface area contributed by atoms with E-state index in [0.29, 0.717) is 6.04 Å². The zero-order valence-electron chi connectivity index (χ0n) is 13.7. The van der Waals surface area contributed by atoms with Crippen LogP contribution < -0.4 is 4.90 Å². The molecule has 0 bridgehead atoms. The fourth-order valence-electron chi connectivity index (χ4n) is 2.60. The van der Waals surface area contributed by atoms with Crippen LogP contribution in [0, 0.1) is 19.8 Å². The largest absolute Gasteiger partial charge is 0.372 e. The highest BCUT2D eigenvalue weighted by Gasteiger charge is 2.12. The van der Waals surface area contributed by atoms with Crippen LogP contribution in [0.15, 0.2) is 18.2 Å². The fourth-order valence-corrected chi connectivity index (χ4v) is 2.60. The number of hydrogen-bond donors (Lipinski definition) is 0. The molecule has 0 spiro atoms. The summed E-state index contributed by atoms with van der Waals surface area (Å²) in [5, 5.41) is 0. The van der Waals surface area contributed by atoms with E-state index in [1.807, 2.05) is 0 Å². The molecule has 108 valence electrons. The lowest BCUT2D eigenvalue weighted by Gasteiger charge is -2.29. The number of rotatable bonds is 7. The smallest absolute Gasteiger partial charge is 0.0395 e. The van der Waals surface area contributed by atoms with Gasteiger partial charge in [0.2, 0.25) is 0 Å². The lowest BCUT2D eigenvalue weighted by atomic mass is 9.99. The third-order valence-electron chi connectivity index (χ3n) is 4.41. The topological polar surface area (TPSA) is 3.24 Å². The maximum Gasteiger partial charge on any atom is 0.0395 e. The van der Waals surface area contributed by atoms with E-state index in [1.165, 1.54) is 42.5 Å². The van der Waals surface area contributed by atoms with E-state index in [0.717, 1.165) is 5.92 Å². The Bertz CT molecular complexity index is 383. The van der Waals surface area contributed by atoms with Gasteiger partial charge in [-0.1, -0.05) is 50.8 Å². The van der Waals surface area contributed by atoms with Gasteiger partial charge in [0.1, 0.15) is 0 Å². The van der Waals surface area contributed by atoms with Gasteiger partial charge in [-0.2, -0.15) is 0 Å². The molecule has 1 nitrogen and oxygen atoms in total. The molecule has 19 heavy (non-hydrogen) atoms.